The molecule has 1 N–H and O–H groups in total. The van der Waals surface area contributed by atoms with Gasteiger partial charge < -0.3 is 9.67 Å². The van der Waals surface area contributed by atoms with Gasteiger partial charge in [-0.2, -0.15) is 0 Å². The van der Waals surface area contributed by atoms with E-state index in [9.17, 15) is 4.79 Å². The van der Waals surface area contributed by atoms with Crippen molar-refractivity contribution in [2.45, 2.75) is 19.8 Å². The lowest BCUT2D eigenvalue weighted by atomic mass is 10.1. The summed E-state index contributed by atoms with van der Waals surface area (Å²) in [6, 6.07) is 6.11. The Kier molecular flexibility index (Phi) is 3.24. The Bertz CT molecular complexity index is 587. The lowest BCUT2D eigenvalue weighted by molar-refractivity contribution is -0.136. The van der Waals surface area contributed by atoms with Crippen LogP contribution in [0.3, 0.4) is 0 Å². The van der Waals surface area contributed by atoms with Gasteiger partial charge in [0.25, 0.3) is 0 Å². The first-order chi connectivity index (χ1) is 8.00. The predicted octanol–water partition coefficient (Wildman–Crippen LogP) is 3.27. The molecule has 0 radical (unpaired) electrons. The van der Waals surface area contributed by atoms with E-state index in [1.807, 2.05) is 20.0 Å². The molecular weight excluding hydrogens is 282 g/mol. The fraction of sp³-hybridized carbons (Fsp3) is 0.308. The number of aromatic nitrogens is 1. The number of carbonyl (C=O) groups is 1. The minimum Gasteiger partial charge on any atom is -0.481 e. The van der Waals surface area contributed by atoms with Crippen molar-refractivity contribution in [3.8, 4) is 0 Å². The number of carboxylic acids is 1. The van der Waals surface area contributed by atoms with Gasteiger partial charge in [-0.1, -0.05) is 15.9 Å². The first kappa shape index (κ1) is 12.2. The first-order valence-electron chi connectivity index (χ1n) is 5.46. The van der Waals surface area contributed by atoms with Crippen molar-refractivity contribution < 1.29 is 9.90 Å². The molecule has 1 aromatic heterocycles. The van der Waals surface area contributed by atoms with Crippen molar-refractivity contribution in [2.24, 2.45) is 7.05 Å². The van der Waals surface area contributed by atoms with E-state index in [0.29, 0.717) is 6.42 Å². The highest BCUT2D eigenvalue weighted by Crippen LogP contribution is 2.28. The number of hydrogen-bond donors (Lipinski definition) is 1. The Morgan fingerprint density at radius 2 is 2.18 bits per heavy atom. The zero-order valence-corrected chi connectivity index (χ0v) is 11.4. The van der Waals surface area contributed by atoms with Gasteiger partial charge in [-0.05, 0) is 37.1 Å². The molecule has 0 aliphatic rings. The Labute approximate surface area is 108 Å². The lowest BCUT2D eigenvalue weighted by Gasteiger charge is -2.00. The third kappa shape index (κ3) is 2.22. The van der Waals surface area contributed by atoms with Gasteiger partial charge in [-0.25, -0.2) is 0 Å². The van der Waals surface area contributed by atoms with E-state index in [2.05, 4.69) is 32.6 Å². The average molecular weight is 296 g/mol. The van der Waals surface area contributed by atoms with Crippen LogP contribution < -0.4 is 0 Å². The van der Waals surface area contributed by atoms with Crippen molar-refractivity contribution >= 4 is 32.8 Å². The summed E-state index contributed by atoms with van der Waals surface area (Å²) in [7, 11) is 2.01. The molecule has 0 atom stereocenters. The maximum Gasteiger partial charge on any atom is 0.303 e. The lowest BCUT2D eigenvalue weighted by Crippen LogP contribution is -1.99. The molecule has 0 saturated carbocycles. The Morgan fingerprint density at radius 3 is 2.82 bits per heavy atom. The van der Waals surface area contributed by atoms with Gasteiger partial charge in [0, 0.05) is 34.5 Å². The summed E-state index contributed by atoms with van der Waals surface area (Å²) < 4.78 is 3.13. The van der Waals surface area contributed by atoms with Crippen LogP contribution in [0.5, 0.6) is 0 Å². The summed E-state index contributed by atoms with van der Waals surface area (Å²) in [6.45, 7) is 2.03. The molecule has 0 fully saturated rings. The molecule has 0 aliphatic heterocycles. The van der Waals surface area contributed by atoms with Crippen LogP contribution in [0.4, 0.5) is 0 Å². The normalized spacial score (nSPS) is 11.0. The van der Waals surface area contributed by atoms with E-state index < -0.39 is 5.97 Å². The van der Waals surface area contributed by atoms with Gasteiger partial charge in [0.2, 0.25) is 0 Å². The van der Waals surface area contributed by atoms with Crippen LogP contribution in [-0.2, 0) is 18.3 Å². The smallest absolute Gasteiger partial charge is 0.303 e. The number of halogens is 1. The Hall–Kier alpha value is -1.29. The van der Waals surface area contributed by atoms with Gasteiger partial charge in [0.05, 0.1) is 0 Å². The van der Waals surface area contributed by atoms with E-state index in [4.69, 9.17) is 5.11 Å². The van der Waals surface area contributed by atoms with Crippen molar-refractivity contribution in [3.63, 3.8) is 0 Å². The number of hydrogen-bond acceptors (Lipinski definition) is 1. The summed E-state index contributed by atoms with van der Waals surface area (Å²) in [5, 5.41) is 9.92. The summed E-state index contributed by atoms with van der Waals surface area (Å²) in [4.78, 5) is 10.7. The molecule has 2 rings (SSSR count). The second-order valence-corrected chi connectivity index (χ2v) is 5.09. The van der Waals surface area contributed by atoms with Crippen molar-refractivity contribution in [2.75, 3.05) is 0 Å². The number of fused-ring (bicyclic) bond motifs is 1. The average Bonchev–Trinajstić information content (AvgIpc) is 2.49. The number of aliphatic carboxylic acids is 1. The van der Waals surface area contributed by atoms with Crippen molar-refractivity contribution in [1.29, 1.82) is 0 Å². The third-order valence-electron chi connectivity index (χ3n) is 3.17. The highest BCUT2D eigenvalue weighted by molar-refractivity contribution is 9.10. The molecule has 2 aromatic rings. The van der Waals surface area contributed by atoms with E-state index in [0.717, 1.165) is 26.6 Å². The van der Waals surface area contributed by atoms with Gasteiger partial charge in [-0.3, -0.25) is 4.79 Å². The maximum atomic E-state index is 10.7. The molecule has 3 nitrogen and oxygen atoms in total. The number of nitrogens with zero attached hydrogens (tertiary/aromatic N) is 1. The van der Waals surface area contributed by atoms with Crippen LogP contribution >= 0.6 is 15.9 Å². The monoisotopic (exact) mass is 295 g/mol. The molecule has 0 aliphatic carbocycles. The second-order valence-electron chi connectivity index (χ2n) is 4.18. The minimum atomic E-state index is -0.753. The van der Waals surface area contributed by atoms with Gasteiger partial charge >= 0.3 is 5.97 Å². The number of aryl methyl sites for hydroxylation is 2. The zero-order valence-electron chi connectivity index (χ0n) is 9.83. The number of benzene rings is 1. The SMILES string of the molecule is Cc1c(CCC(=O)O)c2cc(Br)ccc2n1C. The molecular formula is C13H14BrNO2. The fourth-order valence-corrected chi connectivity index (χ4v) is 2.53. The highest BCUT2D eigenvalue weighted by atomic mass is 79.9. The number of carboxylic acid groups (broad SMARTS) is 1. The van der Waals surface area contributed by atoms with Gasteiger partial charge in [-0.15, -0.1) is 0 Å². The van der Waals surface area contributed by atoms with E-state index in [1.165, 1.54) is 0 Å². The van der Waals surface area contributed by atoms with Crippen LogP contribution in [0.2, 0.25) is 0 Å². The standard InChI is InChI=1S/C13H14BrNO2/c1-8-10(4-6-13(16)17)11-7-9(14)3-5-12(11)15(8)2/h3,5,7H,4,6H2,1-2H3,(H,16,17). The molecule has 0 saturated heterocycles. The molecule has 4 heteroatoms. The van der Waals surface area contributed by atoms with Crippen LogP contribution in [0.15, 0.2) is 22.7 Å². The zero-order chi connectivity index (χ0) is 12.6. The van der Waals surface area contributed by atoms with Gasteiger partial charge in [0.1, 0.15) is 0 Å². The van der Waals surface area contributed by atoms with Crippen LogP contribution in [0, 0.1) is 6.92 Å². The summed E-state index contributed by atoms with van der Waals surface area (Å²) in [6.07, 6.45) is 0.751. The fourth-order valence-electron chi connectivity index (χ4n) is 2.17. The van der Waals surface area contributed by atoms with E-state index >= 15 is 0 Å². The molecule has 1 aromatic carbocycles. The summed E-state index contributed by atoms with van der Waals surface area (Å²) in [5.74, 6) is -0.753. The molecule has 0 amide bonds. The maximum absolute atomic E-state index is 10.7. The Balaban J connectivity index is 2.56. The minimum absolute atomic E-state index is 0.173. The molecule has 17 heavy (non-hydrogen) atoms. The second kappa shape index (κ2) is 4.53. The van der Waals surface area contributed by atoms with E-state index in [-0.39, 0.29) is 6.42 Å². The highest BCUT2D eigenvalue weighted by Gasteiger charge is 2.13. The molecule has 0 bridgehead atoms. The third-order valence-corrected chi connectivity index (χ3v) is 3.67. The molecule has 90 valence electrons. The van der Waals surface area contributed by atoms with Crippen LogP contribution in [0.1, 0.15) is 17.7 Å². The Morgan fingerprint density at radius 1 is 1.47 bits per heavy atom. The van der Waals surface area contributed by atoms with Crippen molar-refractivity contribution in [1.82, 2.24) is 4.57 Å². The molecule has 0 unspecified atom stereocenters. The first-order valence-corrected chi connectivity index (χ1v) is 6.25. The summed E-state index contributed by atoms with van der Waals surface area (Å²) >= 11 is 3.45. The predicted molar refractivity (Wildman–Crippen MR) is 71.3 cm³/mol. The van der Waals surface area contributed by atoms with Crippen LogP contribution in [0.25, 0.3) is 10.9 Å². The largest absolute Gasteiger partial charge is 0.481 e. The molecule has 1 heterocycles. The van der Waals surface area contributed by atoms with E-state index in [1.54, 1.807) is 0 Å². The van der Waals surface area contributed by atoms with Crippen molar-refractivity contribution in [3.05, 3.63) is 33.9 Å². The topological polar surface area (TPSA) is 42.2 Å². The van der Waals surface area contributed by atoms with Gasteiger partial charge in [0.15, 0.2) is 0 Å². The molecule has 0 spiro atoms. The van der Waals surface area contributed by atoms with Crippen LogP contribution in [-0.4, -0.2) is 15.6 Å². The summed E-state index contributed by atoms with van der Waals surface area (Å²) in [5.41, 5.74) is 3.41. The number of rotatable bonds is 3. The quantitative estimate of drug-likeness (QED) is 0.944.